The highest BCUT2D eigenvalue weighted by Crippen LogP contribution is 2.76. The van der Waals surface area contributed by atoms with E-state index in [9.17, 15) is 61.3 Å². The first-order valence-electron chi connectivity index (χ1n) is 36.3. The molecule has 0 bridgehead atoms. The zero-order valence-corrected chi connectivity index (χ0v) is 72.4. The van der Waals surface area contributed by atoms with Crippen LogP contribution in [-0.2, 0) is 76.7 Å². The Kier molecular flexibility index (Phi) is 39.7. The highest BCUT2D eigenvalue weighted by atomic mass is 32.2. The first-order chi connectivity index (χ1) is 54.8. The molecule has 3 aromatic carbocycles. The van der Waals surface area contributed by atoms with Gasteiger partial charge in [-0.05, 0) is 20.8 Å². The molecule has 0 saturated heterocycles. The minimum atomic E-state index is -2.95. The second-order valence-electron chi connectivity index (χ2n) is 25.1. The van der Waals surface area contributed by atoms with Crippen LogP contribution in [0.25, 0.3) is 0 Å². The summed E-state index contributed by atoms with van der Waals surface area (Å²) in [4.78, 5) is 50.1. The summed E-state index contributed by atoms with van der Waals surface area (Å²) < 4.78 is 86.2. The fraction of sp³-hybridized carbons (Fsp3) is 0.700. The van der Waals surface area contributed by atoms with E-state index in [0.717, 1.165) is 141 Å². The van der Waals surface area contributed by atoms with Crippen molar-refractivity contribution in [2.45, 2.75) is 110 Å². The van der Waals surface area contributed by atoms with E-state index >= 15 is 19.5 Å². The van der Waals surface area contributed by atoms with Gasteiger partial charge in [0.2, 0.25) is 0 Å². The Labute approximate surface area is 705 Å². The van der Waals surface area contributed by atoms with Gasteiger partial charge < -0.3 is 137 Å². The summed E-state index contributed by atoms with van der Waals surface area (Å²) in [6, 6.07) is 0. The lowest BCUT2D eigenvalue weighted by atomic mass is 9.78. The molecule has 43 heteroatoms. The molecule has 638 valence electrons. The number of carbonyl (C=O) groups is 3. The lowest BCUT2D eigenvalue weighted by molar-refractivity contribution is 0.0497. The molecule has 0 spiro atoms. The Hall–Kier alpha value is -0.730. The van der Waals surface area contributed by atoms with Gasteiger partial charge in [-0.3, -0.25) is 0 Å². The smallest absolute Gasteiger partial charge is 0.340 e. The fourth-order valence-corrected chi connectivity index (χ4v) is 32.4. The van der Waals surface area contributed by atoms with Gasteiger partial charge in [0, 0.05) is 75.4 Å². The van der Waals surface area contributed by atoms with Gasteiger partial charge in [0.25, 0.3) is 0 Å². The summed E-state index contributed by atoms with van der Waals surface area (Å²) in [6.45, 7) is -5.68. The molecule has 31 nitrogen and oxygen atoms in total. The molecule has 6 heterocycles. The molecule has 0 saturated carbocycles. The van der Waals surface area contributed by atoms with Crippen molar-refractivity contribution in [2.24, 2.45) is 0 Å². The van der Waals surface area contributed by atoms with E-state index in [1.54, 1.807) is 20.8 Å². The molecule has 9 rings (SSSR count). The number of aliphatic hydroxyl groups excluding tert-OH is 12. The highest BCUT2D eigenvalue weighted by Gasteiger charge is 2.63. The number of hydrogen-bond acceptors (Lipinski definition) is 43. The van der Waals surface area contributed by atoms with Crippen molar-refractivity contribution >= 4 is 159 Å². The van der Waals surface area contributed by atoms with Gasteiger partial charge in [-0.2, -0.15) is 0 Å². The predicted molar refractivity (Wildman–Crippen MR) is 431 cm³/mol. The average Bonchev–Trinajstić information content (AvgIpc) is 1.57. The monoisotopic (exact) mass is 1820 g/mol. The molecule has 6 aliphatic heterocycles. The fourth-order valence-electron chi connectivity index (χ4n) is 12.5. The predicted octanol–water partition coefficient (Wildman–Crippen LogP) is 3.97. The zero-order valence-electron chi connectivity index (χ0n) is 62.6. The minimum Gasteiger partial charge on any atom is -0.462 e. The van der Waals surface area contributed by atoms with Crippen LogP contribution in [-0.4, -0.2) is 366 Å². The Morgan fingerprint density at radius 3 is 0.478 bits per heavy atom. The average molecular weight is 1820 g/mol. The molecule has 13 N–H and O–H groups in total. The van der Waals surface area contributed by atoms with E-state index in [4.69, 9.17) is 71.1 Å². The molecular weight excluding hydrogens is 1720 g/mol. The summed E-state index contributed by atoms with van der Waals surface area (Å²) in [5.41, 5.74) is -2.83. The Morgan fingerprint density at radius 1 is 0.239 bits per heavy atom. The lowest BCUT2D eigenvalue weighted by Crippen LogP contribution is -2.36. The molecule has 3 aromatic rings. The van der Waals surface area contributed by atoms with Crippen LogP contribution < -0.4 is 0 Å². The van der Waals surface area contributed by atoms with Crippen molar-refractivity contribution in [3.05, 3.63) is 33.4 Å². The minimum absolute atomic E-state index is 0.00520. The molecule has 0 atom stereocenters. The number of thioether (sulfide) groups is 12. The number of ether oxygens (including phenoxy) is 15. The van der Waals surface area contributed by atoms with Crippen molar-refractivity contribution in [1.82, 2.24) is 0 Å². The van der Waals surface area contributed by atoms with E-state index in [2.05, 4.69) is 0 Å². The van der Waals surface area contributed by atoms with Crippen molar-refractivity contribution < 1.29 is 152 Å². The standard InChI is InChI=1S/C70H100O31S12/c1-4-99-61(83)43-49-55(108-64(102-49,31-87-19-7-71)32-88-20-8-72)46(56-50(43)103-65(109-56,33-89-21-9-73)34-90-22-10-74)70(86,47-57-51(104-66(110-57,35-91-23-11-75)36-92-24-12-76)44(62(84)100-5-2)52-58(47)111-67(105-52,37-93-25-13-77)38-94-26-14-78)48-59-53(106-68(112-59,39-95-27-15-79)40-96-28-16-80)45(63(85)101-6-3)54-60(48)113-69(107-54,41-97-29-17-81)42-98-30-18-82/h71-82,86H,4-42H2,1-3H3. The van der Waals surface area contributed by atoms with E-state index in [1.807, 2.05) is 0 Å². The molecule has 0 radical (unpaired) electrons. The number of aliphatic hydroxyl groups is 13. The van der Waals surface area contributed by atoms with Gasteiger partial charge in [0.1, 0.15) is 30.1 Å². The molecule has 6 aliphatic rings. The third kappa shape index (κ3) is 22.6. The summed E-state index contributed by atoms with van der Waals surface area (Å²) in [6.07, 6.45) is 0. The van der Waals surface area contributed by atoms with Crippen LogP contribution in [0.4, 0.5) is 0 Å². The summed E-state index contributed by atoms with van der Waals surface area (Å²) in [7, 11) is 0. The van der Waals surface area contributed by atoms with Gasteiger partial charge in [0.15, 0.2) is 0 Å². The number of hydrogen-bond donors (Lipinski definition) is 13. The van der Waals surface area contributed by atoms with E-state index in [0.29, 0.717) is 0 Å². The molecule has 0 aromatic heterocycles. The number of benzene rings is 3. The van der Waals surface area contributed by atoms with Crippen molar-refractivity contribution in [3.8, 4) is 0 Å². The van der Waals surface area contributed by atoms with E-state index in [1.165, 1.54) is 0 Å². The zero-order chi connectivity index (χ0) is 81.3. The maximum absolute atomic E-state index is 17.5. The molecule has 0 amide bonds. The third-order valence-corrected chi connectivity index (χ3v) is 35.1. The number of rotatable bonds is 57. The maximum Gasteiger partial charge on any atom is 0.340 e. The van der Waals surface area contributed by atoms with Crippen LogP contribution in [0.2, 0.25) is 0 Å². The van der Waals surface area contributed by atoms with Gasteiger partial charge in [0.05, 0.1) is 274 Å². The molecule has 0 fully saturated rings. The molecule has 0 unspecified atom stereocenters. The van der Waals surface area contributed by atoms with Crippen molar-refractivity contribution in [3.63, 3.8) is 0 Å². The number of esters is 3. The summed E-state index contributed by atoms with van der Waals surface area (Å²) >= 11 is 13.7. The normalized spacial score (nSPS) is 17.5. The first kappa shape index (κ1) is 96.1. The van der Waals surface area contributed by atoms with Crippen LogP contribution in [0.1, 0.15) is 68.5 Å². The highest BCUT2D eigenvalue weighted by molar-refractivity contribution is 8.23. The van der Waals surface area contributed by atoms with Crippen LogP contribution >= 0.6 is 141 Å². The van der Waals surface area contributed by atoms with Gasteiger partial charge in [-0.25, -0.2) is 14.4 Å². The van der Waals surface area contributed by atoms with Crippen LogP contribution in [0, 0.1) is 0 Å². The summed E-state index contributed by atoms with van der Waals surface area (Å²) in [5.74, 6) is -2.46. The van der Waals surface area contributed by atoms with Crippen LogP contribution in [0.15, 0.2) is 58.7 Å². The third-order valence-electron chi connectivity index (χ3n) is 16.6. The Balaban J connectivity index is 1.65. The van der Waals surface area contributed by atoms with Crippen LogP contribution in [0.3, 0.4) is 0 Å². The molecular formula is C70H100O31S12. The second-order valence-corrected chi connectivity index (χ2v) is 43.4. The number of fused-ring (bicyclic) bond motifs is 6. The quantitative estimate of drug-likeness (QED) is 0.0164. The lowest BCUT2D eigenvalue weighted by Gasteiger charge is -2.39. The number of carbonyl (C=O) groups excluding carboxylic acids is 3. The Bertz CT molecular complexity index is 3010. The second kappa shape index (κ2) is 46.7. The van der Waals surface area contributed by atoms with Crippen molar-refractivity contribution in [1.29, 1.82) is 0 Å². The van der Waals surface area contributed by atoms with E-state index in [-0.39, 0.29) is 271 Å². The maximum atomic E-state index is 17.5. The Morgan fingerprint density at radius 2 is 0.363 bits per heavy atom. The molecule has 113 heavy (non-hydrogen) atoms. The van der Waals surface area contributed by atoms with Gasteiger partial charge in [-0.1, -0.05) is 0 Å². The molecule has 0 aliphatic carbocycles. The SMILES string of the molecule is CCOC(=O)c1c2c(c(C(O)(c3c4c(c(C(=O)OCC)c5c3SC(COCCO)(COCCO)S5)SC(COCCO)(COCCO)S4)c3c4c(c(C(=O)OCC)c5c3SC(COCCO)(COCCO)S5)SC(COCCO)(COCCO)S4)c3c1SC(COCCO)(COCCO)S3)SC(COCCO)(COCCO)S2. The van der Waals surface area contributed by atoms with Gasteiger partial charge in [-0.15, -0.1) is 141 Å². The van der Waals surface area contributed by atoms with Crippen molar-refractivity contribution in [2.75, 3.05) is 258 Å². The first-order valence-corrected chi connectivity index (χ1v) is 46.1. The van der Waals surface area contributed by atoms with E-state index < -0.39 is 127 Å². The van der Waals surface area contributed by atoms with Gasteiger partial charge >= 0.3 is 17.9 Å². The topological polar surface area (TPSA) is 453 Å². The largest absolute Gasteiger partial charge is 0.462 e. The summed E-state index contributed by atoms with van der Waals surface area (Å²) in [5, 5.41) is 143. The van der Waals surface area contributed by atoms with Crippen LogP contribution in [0.5, 0.6) is 0 Å².